The molecule has 0 rings (SSSR count). The van der Waals surface area contributed by atoms with Gasteiger partial charge in [-0.25, -0.2) is 0 Å². The van der Waals surface area contributed by atoms with Gasteiger partial charge in [0.25, 0.3) is 0 Å². The predicted molar refractivity (Wildman–Crippen MR) is 14.0 cm³/mol. The summed E-state index contributed by atoms with van der Waals surface area (Å²) in [5.41, 5.74) is 0. The summed E-state index contributed by atoms with van der Waals surface area (Å²) in [5, 5.41) is 0. The van der Waals surface area contributed by atoms with Crippen LogP contribution in [-0.2, 0) is 0 Å². The topological polar surface area (TPSA) is 31.5 Å². The Bertz CT molecular complexity index is 6.85. The molecule has 1 nitrogen and oxygen atoms in total. The van der Waals surface area contributed by atoms with Crippen molar-refractivity contribution < 1.29 is 94.1 Å². The second kappa shape index (κ2) is 26.6. The first kappa shape index (κ1) is 40.5. The Morgan fingerprint density at radius 1 is 0.600 bits per heavy atom. The molecule has 0 saturated heterocycles. The summed E-state index contributed by atoms with van der Waals surface area (Å²) in [6.07, 6.45) is 0. The first-order chi connectivity index (χ1) is 0. The van der Waals surface area contributed by atoms with Crippen LogP contribution in [-0.4, -0.2) is 5.48 Å². The van der Waals surface area contributed by atoms with E-state index in [1.54, 1.807) is 0 Å². The van der Waals surface area contributed by atoms with E-state index in [4.69, 9.17) is 0 Å². The fourth-order valence-electron chi connectivity index (χ4n) is 0. The molecule has 0 aliphatic heterocycles. The Balaban J connectivity index is 0. The molecule has 0 spiro atoms. The first-order valence-electron chi connectivity index (χ1n) is 0. The van der Waals surface area contributed by atoms with Crippen LogP contribution in [0.4, 0.5) is 0 Å². The monoisotopic (exact) mass is 121 g/mol. The Labute approximate surface area is 105 Å². The molecule has 0 radical (unpaired) electrons. The van der Waals surface area contributed by atoms with E-state index in [0.29, 0.717) is 0 Å². The van der Waals surface area contributed by atoms with Gasteiger partial charge in [-0.15, -0.1) is 0 Å². The van der Waals surface area contributed by atoms with Crippen LogP contribution in [0.15, 0.2) is 0 Å². The molecule has 0 atom stereocenters. The van der Waals surface area contributed by atoms with E-state index in [2.05, 4.69) is 0 Å². The normalized spacial score (nSPS) is 0. The van der Waals surface area contributed by atoms with E-state index in [0.717, 1.165) is 0 Å². The molecule has 0 aliphatic carbocycles. The number of hydrogen-bond acceptors (Lipinski definition) is 0. The zero-order valence-electron chi connectivity index (χ0n) is 4.00. The molecule has 2 N–H and O–H groups in total. The number of rotatable bonds is 0. The van der Waals surface area contributed by atoms with Gasteiger partial charge in [-0.05, 0) is 0 Å². The van der Waals surface area contributed by atoms with Crippen molar-refractivity contribution in [2.45, 2.75) is 0 Å². The van der Waals surface area contributed by atoms with Crippen LogP contribution >= 0.6 is 13.5 Å². The van der Waals surface area contributed by atoms with E-state index in [1.807, 2.05) is 0 Å². The van der Waals surface area contributed by atoms with Gasteiger partial charge in [-0.3, -0.25) is 0 Å². The smallest absolute Gasteiger partial charge is 0.412 e. The molecule has 0 aromatic carbocycles. The minimum atomic E-state index is 0. The van der Waals surface area contributed by atoms with Crippen molar-refractivity contribution in [2.24, 2.45) is 0 Å². The first-order valence-corrected chi connectivity index (χ1v) is 0. The van der Waals surface area contributed by atoms with Gasteiger partial charge in [0.15, 0.2) is 0 Å². The van der Waals surface area contributed by atoms with E-state index in [1.165, 1.54) is 0 Å². The molecule has 0 aliphatic rings. The third-order valence-electron chi connectivity index (χ3n) is 0. The molecule has 5 heavy (non-hydrogen) atoms. The Morgan fingerprint density at radius 3 is 0.600 bits per heavy atom. The quantitative estimate of drug-likeness (QED) is 0.285. The summed E-state index contributed by atoms with van der Waals surface area (Å²) in [6.45, 7) is 0. The molecule has 16 valence electrons. The molecule has 0 saturated carbocycles. The molecule has 0 amide bonds. The summed E-state index contributed by atoms with van der Waals surface area (Å²) in [7, 11) is 0. The summed E-state index contributed by atoms with van der Waals surface area (Å²) in [5.74, 6) is 0. The average molecular weight is 121 g/mol. The van der Waals surface area contributed by atoms with E-state index >= 15 is 0 Å². The van der Waals surface area contributed by atoms with Crippen molar-refractivity contribution in [2.75, 3.05) is 0 Å². The van der Waals surface area contributed by atoms with Crippen LogP contribution in [0.2, 0.25) is 0 Å². The molecule has 0 fully saturated rings. The van der Waals surface area contributed by atoms with Crippen molar-refractivity contribution in [3.05, 3.63) is 0 Å². The molecular weight excluding hydrogens is 117 g/mol. The second-order valence-electron chi connectivity index (χ2n) is 0. The molecule has 0 aromatic heterocycles. The van der Waals surface area contributed by atoms with Crippen LogP contribution in [0.25, 0.3) is 0 Å². The van der Waals surface area contributed by atoms with Crippen molar-refractivity contribution in [1.29, 1.82) is 0 Å². The van der Waals surface area contributed by atoms with E-state index in [9.17, 15) is 0 Å². The summed E-state index contributed by atoms with van der Waals surface area (Å²) in [6, 6.07) is 0. The Morgan fingerprint density at radius 2 is 0.600 bits per heavy atom. The predicted octanol–water partition coefficient (Wildman–Crippen LogP) is -9.70. The van der Waals surface area contributed by atoms with Crippen molar-refractivity contribution in [3.8, 4) is 0 Å². The molecular formula is H4Na3OS+3. The zero-order valence-corrected chi connectivity index (χ0v) is 11.0. The van der Waals surface area contributed by atoms with Gasteiger partial charge < -0.3 is 5.48 Å². The SMILES string of the molecule is O.S.[Na+].[Na+].[Na+]. The van der Waals surface area contributed by atoms with Gasteiger partial charge in [-0.2, -0.15) is 13.5 Å². The maximum atomic E-state index is 0. The minimum absolute atomic E-state index is 0. The van der Waals surface area contributed by atoms with Crippen LogP contribution in [0.1, 0.15) is 0 Å². The molecule has 0 unspecified atom stereocenters. The van der Waals surface area contributed by atoms with Crippen molar-refractivity contribution in [3.63, 3.8) is 0 Å². The largest absolute Gasteiger partial charge is 1.00 e. The third kappa shape index (κ3) is 18.8. The van der Waals surface area contributed by atoms with E-state index < -0.39 is 0 Å². The summed E-state index contributed by atoms with van der Waals surface area (Å²) < 4.78 is 0. The van der Waals surface area contributed by atoms with Crippen molar-refractivity contribution in [1.82, 2.24) is 0 Å². The second-order valence-corrected chi connectivity index (χ2v) is 0. The minimum Gasteiger partial charge on any atom is -0.412 e. The maximum Gasteiger partial charge on any atom is 1.00 e. The molecule has 0 aromatic rings. The van der Waals surface area contributed by atoms with Crippen LogP contribution < -0.4 is 88.7 Å². The average Bonchev–Trinajstić information content (AvgIpc) is 0. The molecule has 0 bridgehead atoms. The standard InChI is InChI=1S/3Na.H2O.H2S/h;;;2*1H2/q3*+1;;. The molecule has 5 heteroatoms. The fourth-order valence-corrected chi connectivity index (χ4v) is 0. The fraction of sp³-hybridized carbons (Fsp3) is 0. The Hall–Kier alpha value is 3.31. The Kier molecular flexibility index (Phi) is 215. The summed E-state index contributed by atoms with van der Waals surface area (Å²) in [4.78, 5) is 0. The summed E-state index contributed by atoms with van der Waals surface area (Å²) >= 11 is 0. The van der Waals surface area contributed by atoms with Crippen LogP contribution in [0.3, 0.4) is 0 Å². The van der Waals surface area contributed by atoms with Crippen molar-refractivity contribution >= 4 is 13.5 Å². The van der Waals surface area contributed by atoms with E-state index in [-0.39, 0.29) is 108 Å². The van der Waals surface area contributed by atoms with Gasteiger partial charge in [0.2, 0.25) is 0 Å². The van der Waals surface area contributed by atoms with Crippen LogP contribution in [0.5, 0.6) is 0 Å². The van der Waals surface area contributed by atoms with Gasteiger partial charge in [-0.1, -0.05) is 0 Å². The maximum absolute atomic E-state index is 0. The zero-order chi connectivity index (χ0) is 0. The van der Waals surface area contributed by atoms with Gasteiger partial charge in [0, 0.05) is 0 Å². The van der Waals surface area contributed by atoms with Crippen LogP contribution in [0, 0.1) is 0 Å². The van der Waals surface area contributed by atoms with Gasteiger partial charge in [0.1, 0.15) is 0 Å². The van der Waals surface area contributed by atoms with Gasteiger partial charge in [0.05, 0.1) is 0 Å². The van der Waals surface area contributed by atoms with Gasteiger partial charge >= 0.3 is 88.7 Å². The molecule has 0 heterocycles. The third-order valence-corrected chi connectivity index (χ3v) is 0. The number of hydrogen-bond donors (Lipinski definition) is 0.